The summed E-state index contributed by atoms with van der Waals surface area (Å²) in [5.41, 5.74) is 7.64. The number of nitrogens with two attached hydrogens (primary N) is 1. The van der Waals surface area contributed by atoms with Crippen molar-refractivity contribution in [2.75, 3.05) is 7.11 Å². The Morgan fingerprint density at radius 3 is 2.78 bits per heavy atom. The van der Waals surface area contributed by atoms with Crippen molar-refractivity contribution in [1.29, 1.82) is 0 Å². The highest BCUT2D eigenvalue weighted by atomic mass is 16.5. The zero-order valence-electron chi connectivity index (χ0n) is 10.6. The number of hydrogen-bond donors (Lipinski definition) is 1. The summed E-state index contributed by atoms with van der Waals surface area (Å²) >= 11 is 0. The van der Waals surface area contributed by atoms with Gasteiger partial charge < -0.3 is 14.9 Å². The van der Waals surface area contributed by atoms with Gasteiger partial charge in [0.25, 0.3) is 0 Å². The number of oxazole rings is 1. The van der Waals surface area contributed by atoms with E-state index in [1.807, 2.05) is 18.2 Å². The van der Waals surface area contributed by atoms with E-state index in [0.717, 1.165) is 42.5 Å². The van der Waals surface area contributed by atoms with Crippen LogP contribution in [0.1, 0.15) is 38.0 Å². The second kappa shape index (κ2) is 4.28. The van der Waals surface area contributed by atoms with Crippen molar-refractivity contribution in [2.24, 2.45) is 5.73 Å². The Bertz CT molecular complexity index is 556. The van der Waals surface area contributed by atoms with Crippen LogP contribution in [0.25, 0.3) is 11.1 Å². The summed E-state index contributed by atoms with van der Waals surface area (Å²) in [5, 5.41) is 0. The number of ether oxygens (including phenoxy) is 1. The lowest BCUT2D eigenvalue weighted by Gasteiger charge is -2.29. The fourth-order valence-corrected chi connectivity index (χ4v) is 2.64. The summed E-state index contributed by atoms with van der Waals surface area (Å²) in [7, 11) is 1.64. The highest BCUT2D eigenvalue weighted by Crippen LogP contribution is 2.36. The normalized spacial score (nSPS) is 19.0. The Morgan fingerprint density at radius 2 is 2.06 bits per heavy atom. The van der Waals surface area contributed by atoms with Crippen LogP contribution in [0.4, 0.5) is 0 Å². The summed E-state index contributed by atoms with van der Waals surface area (Å²) in [6, 6.07) is 5.66. The molecule has 4 heteroatoms. The van der Waals surface area contributed by atoms with Crippen LogP contribution in [0.3, 0.4) is 0 Å². The minimum atomic E-state index is -0.384. The number of nitrogens with zero attached hydrogens (tertiary/aromatic N) is 1. The van der Waals surface area contributed by atoms with E-state index in [1.165, 1.54) is 6.42 Å². The molecule has 0 atom stereocenters. The van der Waals surface area contributed by atoms with Gasteiger partial charge in [0, 0.05) is 6.07 Å². The van der Waals surface area contributed by atoms with Crippen LogP contribution in [0.15, 0.2) is 22.6 Å². The predicted molar refractivity (Wildman–Crippen MR) is 69.5 cm³/mol. The average molecular weight is 246 g/mol. The van der Waals surface area contributed by atoms with Crippen molar-refractivity contribution >= 4 is 11.1 Å². The number of benzene rings is 1. The van der Waals surface area contributed by atoms with E-state index in [0.29, 0.717) is 5.89 Å². The molecule has 18 heavy (non-hydrogen) atoms. The van der Waals surface area contributed by atoms with Crippen molar-refractivity contribution < 1.29 is 9.15 Å². The second-order valence-electron chi connectivity index (χ2n) is 5.07. The van der Waals surface area contributed by atoms with Gasteiger partial charge in [0.15, 0.2) is 5.58 Å². The molecular formula is C14H18N2O2. The molecule has 1 saturated carbocycles. The molecule has 2 aromatic rings. The molecule has 4 nitrogen and oxygen atoms in total. The molecule has 2 N–H and O–H groups in total. The maximum absolute atomic E-state index is 6.43. The van der Waals surface area contributed by atoms with Crippen molar-refractivity contribution in [3.63, 3.8) is 0 Å². The number of rotatable bonds is 2. The molecule has 96 valence electrons. The molecule has 0 unspecified atom stereocenters. The van der Waals surface area contributed by atoms with Crippen molar-refractivity contribution in [3.8, 4) is 5.75 Å². The summed E-state index contributed by atoms with van der Waals surface area (Å²) in [5.74, 6) is 1.45. The van der Waals surface area contributed by atoms with E-state index in [4.69, 9.17) is 14.9 Å². The quantitative estimate of drug-likeness (QED) is 0.885. The molecule has 3 rings (SSSR count). The average Bonchev–Trinajstić information content (AvgIpc) is 2.83. The van der Waals surface area contributed by atoms with Gasteiger partial charge in [0.2, 0.25) is 5.89 Å². The Balaban J connectivity index is 2.02. The lowest BCUT2D eigenvalue weighted by Crippen LogP contribution is -2.38. The minimum Gasteiger partial charge on any atom is -0.497 e. The van der Waals surface area contributed by atoms with Gasteiger partial charge in [0.05, 0.1) is 12.6 Å². The van der Waals surface area contributed by atoms with Crippen LogP contribution in [0.5, 0.6) is 5.75 Å². The van der Waals surface area contributed by atoms with Crippen LogP contribution in [0, 0.1) is 0 Å². The Morgan fingerprint density at radius 1 is 1.28 bits per heavy atom. The molecule has 0 radical (unpaired) electrons. The van der Waals surface area contributed by atoms with E-state index in [-0.39, 0.29) is 5.54 Å². The van der Waals surface area contributed by atoms with Gasteiger partial charge in [0.1, 0.15) is 11.3 Å². The smallest absolute Gasteiger partial charge is 0.215 e. The second-order valence-corrected chi connectivity index (χ2v) is 5.07. The Kier molecular flexibility index (Phi) is 2.74. The third-order valence-corrected chi connectivity index (χ3v) is 3.77. The van der Waals surface area contributed by atoms with Gasteiger partial charge in [-0.3, -0.25) is 0 Å². The topological polar surface area (TPSA) is 61.3 Å². The maximum atomic E-state index is 6.43. The van der Waals surface area contributed by atoms with Gasteiger partial charge in [-0.1, -0.05) is 19.3 Å². The van der Waals surface area contributed by atoms with E-state index in [1.54, 1.807) is 7.11 Å². The minimum absolute atomic E-state index is 0.384. The molecule has 0 aliphatic heterocycles. The number of methoxy groups -OCH3 is 1. The molecular weight excluding hydrogens is 228 g/mol. The van der Waals surface area contributed by atoms with Crippen LogP contribution >= 0.6 is 0 Å². The lowest BCUT2D eigenvalue weighted by molar-refractivity contribution is 0.247. The molecule has 1 aromatic heterocycles. The molecule has 0 bridgehead atoms. The lowest BCUT2D eigenvalue weighted by atomic mass is 9.82. The SMILES string of the molecule is COc1ccc2nc(C3(N)CCCCC3)oc2c1. The van der Waals surface area contributed by atoms with E-state index >= 15 is 0 Å². The first-order valence-corrected chi connectivity index (χ1v) is 6.45. The van der Waals surface area contributed by atoms with Gasteiger partial charge in [-0.05, 0) is 25.0 Å². The first kappa shape index (κ1) is 11.5. The summed E-state index contributed by atoms with van der Waals surface area (Å²) in [6.45, 7) is 0. The monoisotopic (exact) mass is 246 g/mol. The van der Waals surface area contributed by atoms with Gasteiger partial charge >= 0.3 is 0 Å². The summed E-state index contributed by atoms with van der Waals surface area (Å²) < 4.78 is 11.0. The van der Waals surface area contributed by atoms with Crippen LogP contribution in [0.2, 0.25) is 0 Å². The molecule has 1 fully saturated rings. The van der Waals surface area contributed by atoms with Crippen LogP contribution in [-0.2, 0) is 5.54 Å². The van der Waals surface area contributed by atoms with Crippen LogP contribution in [-0.4, -0.2) is 12.1 Å². The molecule has 1 aromatic carbocycles. The molecule has 1 heterocycles. The summed E-state index contributed by atoms with van der Waals surface area (Å²) in [4.78, 5) is 4.54. The summed E-state index contributed by atoms with van der Waals surface area (Å²) in [6.07, 6.45) is 5.47. The first-order valence-electron chi connectivity index (χ1n) is 6.45. The zero-order chi connectivity index (χ0) is 12.6. The highest BCUT2D eigenvalue weighted by Gasteiger charge is 2.34. The van der Waals surface area contributed by atoms with Gasteiger partial charge in [-0.15, -0.1) is 0 Å². The molecule has 0 amide bonds. The molecule has 1 aliphatic carbocycles. The fraction of sp³-hybridized carbons (Fsp3) is 0.500. The largest absolute Gasteiger partial charge is 0.497 e. The third kappa shape index (κ3) is 1.86. The first-order chi connectivity index (χ1) is 8.71. The standard InChI is InChI=1S/C14H18N2O2/c1-17-10-5-6-11-12(9-10)18-13(16-11)14(15)7-3-2-4-8-14/h5-6,9H,2-4,7-8,15H2,1H3. The zero-order valence-corrected chi connectivity index (χ0v) is 10.6. The van der Waals surface area contributed by atoms with Crippen molar-refractivity contribution in [1.82, 2.24) is 4.98 Å². The highest BCUT2D eigenvalue weighted by molar-refractivity contribution is 5.74. The van der Waals surface area contributed by atoms with Crippen LogP contribution < -0.4 is 10.5 Å². The van der Waals surface area contributed by atoms with Crippen molar-refractivity contribution in [3.05, 3.63) is 24.1 Å². The van der Waals surface area contributed by atoms with Crippen molar-refractivity contribution in [2.45, 2.75) is 37.6 Å². The molecule has 1 aliphatic rings. The Labute approximate surface area is 106 Å². The maximum Gasteiger partial charge on any atom is 0.215 e. The number of hydrogen-bond acceptors (Lipinski definition) is 4. The van der Waals surface area contributed by atoms with E-state index in [9.17, 15) is 0 Å². The number of fused-ring (bicyclic) bond motifs is 1. The molecule has 0 spiro atoms. The van der Waals surface area contributed by atoms with Gasteiger partial charge in [-0.25, -0.2) is 4.98 Å². The van der Waals surface area contributed by atoms with E-state index < -0.39 is 0 Å². The third-order valence-electron chi connectivity index (χ3n) is 3.77. The number of aromatic nitrogens is 1. The molecule has 0 saturated heterocycles. The van der Waals surface area contributed by atoms with E-state index in [2.05, 4.69) is 4.98 Å². The van der Waals surface area contributed by atoms with Gasteiger partial charge in [-0.2, -0.15) is 0 Å². The fourth-order valence-electron chi connectivity index (χ4n) is 2.64. The predicted octanol–water partition coefficient (Wildman–Crippen LogP) is 2.95. The Hall–Kier alpha value is -1.55.